The van der Waals surface area contributed by atoms with E-state index < -0.39 is 0 Å². The van der Waals surface area contributed by atoms with Crippen molar-refractivity contribution in [3.05, 3.63) is 35.4 Å². The maximum Gasteiger partial charge on any atom is 0.243 e. The molecule has 0 aromatic heterocycles. The third kappa shape index (κ3) is 6.72. The second-order valence-electron chi connectivity index (χ2n) is 5.96. The lowest BCUT2D eigenvalue weighted by atomic mass is 10.0. The van der Waals surface area contributed by atoms with Gasteiger partial charge in [-0.05, 0) is 31.4 Å². The minimum atomic E-state index is -0.00913. The fourth-order valence-corrected chi connectivity index (χ4v) is 2.18. The zero-order valence-corrected chi connectivity index (χ0v) is 15.0. The van der Waals surface area contributed by atoms with Gasteiger partial charge in [-0.2, -0.15) is 0 Å². The van der Waals surface area contributed by atoms with Crippen LogP contribution in [0.15, 0.2) is 29.3 Å². The Bertz CT molecular complexity index is 526. The molecule has 0 bridgehead atoms. The average Bonchev–Trinajstić information content (AvgIpc) is 2.52. The Kier molecular flexibility index (Phi) is 8.16. The molecule has 1 aromatic carbocycles. The molecule has 0 spiro atoms. The van der Waals surface area contributed by atoms with Gasteiger partial charge in [-0.15, -0.1) is 0 Å². The molecule has 2 N–H and O–H groups in total. The highest BCUT2D eigenvalue weighted by Crippen LogP contribution is 2.16. The van der Waals surface area contributed by atoms with Crippen LogP contribution in [0.2, 0.25) is 0 Å². The molecule has 0 heterocycles. The quantitative estimate of drug-likeness (QED) is 0.461. The summed E-state index contributed by atoms with van der Waals surface area (Å²) in [6, 6.07) is 8.41. The molecule has 0 saturated heterocycles. The predicted molar refractivity (Wildman–Crippen MR) is 96.6 cm³/mol. The van der Waals surface area contributed by atoms with Gasteiger partial charge in [0.2, 0.25) is 5.91 Å². The number of nitrogens with zero attached hydrogens (tertiary/aromatic N) is 2. The topological polar surface area (TPSA) is 56.7 Å². The Labute approximate surface area is 140 Å². The van der Waals surface area contributed by atoms with Crippen LogP contribution in [0.1, 0.15) is 43.9 Å². The highest BCUT2D eigenvalue weighted by molar-refractivity contribution is 5.85. The summed E-state index contributed by atoms with van der Waals surface area (Å²) in [5.41, 5.74) is 2.47. The second kappa shape index (κ2) is 9.87. The van der Waals surface area contributed by atoms with Crippen molar-refractivity contribution in [3.63, 3.8) is 0 Å². The number of amides is 1. The molecule has 5 nitrogen and oxygen atoms in total. The van der Waals surface area contributed by atoms with E-state index in [9.17, 15) is 4.79 Å². The number of carbonyl (C=O) groups is 1. The van der Waals surface area contributed by atoms with E-state index in [1.807, 2.05) is 12.1 Å². The van der Waals surface area contributed by atoms with E-state index >= 15 is 0 Å². The van der Waals surface area contributed by atoms with E-state index in [1.54, 1.807) is 19.0 Å². The van der Waals surface area contributed by atoms with Crippen molar-refractivity contribution >= 4 is 11.9 Å². The summed E-state index contributed by atoms with van der Waals surface area (Å²) in [6.45, 7) is 7.35. The van der Waals surface area contributed by atoms with Crippen molar-refractivity contribution in [2.45, 2.75) is 39.7 Å². The van der Waals surface area contributed by atoms with Crippen LogP contribution < -0.4 is 10.6 Å². The minimum absolute atomic E-state index is 0.00913. The van der Waals surface area contributed by atoms with Gasteiger partial charge in [0.05, 0.1) is 6.04 Å². The zero-order chi connectivity index (χ0) is 17.2. The standard InChI is InChI=1S/C18H30N4O/c1-6-7-12-19-18(20-13-17(23)22(4)5)21-15(3)16-11-9-8-10-14(16)2/h8-11,15H,6-7,12-13H2,1-5H3,(H2,19,20,21). The van der Waals surface area contributed by atoms with Crippen LogP contribution in [0.4, 0.5) is 0 Å². The Balaban J connectivity index is 2.76. The van der Waals surface area contributed by atoms with Gasteiger partial charge < -0.3 is 15.5 Å². The van der Waals surface area contributed by atoms with Crippen LogP contribution in [0, 0.1) is 6.92 Å². The van der Waals surface area contributed by atoms with Gasteiger partial charge in [0, 0.05) is 20.6 Å². The number of nitrogens with one attached hydrogen (secondary N) is 2. The van der Waals surface area contributed by atoms with E-state index in [4.69, 9.17) is 0 Å². The van der Waals surface area contributed by atoms with Crippen molar-refractivity contribution < 1.29 is 4.79 Å². The number of benzene rings is 1. The lowest BCUT2D eigenvalue weighted by Crippen LogP contribution is -2.40. The molecule has 1 unspecified atom stereocenters. The first-order valence-electron chi connectivity index (χ1n) is 8.26. The average molecular weight is 318 g/mol. The number of hydrogen-bond acceptors (Lipinski definition) is 2. The first kappa shape index (κ1) is 19.0. The summed E-state index contributed by atoms with van der Waals surface area (Å²) >= 11 is 0. The summed E-state index contributed by atoms with van der Waals surface area (Å²) in [7, 11) is 3.48. The molecular weight excluding hydrogens is 288 g/mol. The van der Waals surface area contributed by atoms with Crippen molar-refractivity contribution in [2.24, 2.45) is 4.99 Å². The molecule has 1 rings (SSSR count). The Hall–Kier alpha value is -2.04. The Morgan fingerprint density at radius 2 is 2.00 bits per heavy atom. The number of hydrogen-bond donors (Lipinski definition) is 2. The van der Waals surface area contributed by atoms with Crippen LogP contribution in [-0.4, -0.2) is 44.0 Å². The van der Waals surface area contributed by atoms with Crippen molar-refractivity contribution in [2.75, 3.05) is 27.2 Å². The molecule has 1 amide bonds. The first-order valence-corrected chi connectivity index (χ1v) is 8.26. The van der Waals surface area contributed by atoms with Crippen LogP contribution in [-0.2, 0) is 4.79 Å². The highest BCUT2D eigenvalue weighted by Gasteiger charge is 2.11. The summed E-state index contributed by atoms with van der Waals surface area (Å²) in [5.74, 6) is 0.675. The third-order valence-electron chi connectivity index (χ3n) is 3.70. The third-order valence-corrected chi connectivity index (χ3v) is 3.70. The molecule has 0 saturated carbocycles. The summed E-state index contributed by atoms with van der Waals surface area (Å²) in [6.07, 6.45) is 2.19. The number of likely N-dealkylation sites (N-methyl/N-ethyl adjacent to an activating group) is 1. The van der Waals surface area contributed by atoms with Gasteiger partial charge in [0.15, 0.2) is 5.96 Å². The summed E-state index contributed by atoms with van der Waals surface area (Å²) in [5, 5.41) is 6.70. The van der Waals surface area contributed by atoms with E-state index in [2.05, 4.69) is 48.5 Å². The molecular formula is C18H30N4O. The first-order chi connectivity index (χ1) is 11.0. The molecule has 0 fully saturated rings. The van der Waals surface area contributed by atoms with E-state index in [1.165, 1.54) is 11.1 Å². The van der Waals surface area contributed by atoms with E-state index in [-0.39, 0.29) is 18.5 Å². The highest BCUT2D eigenvalue weighted by atomic mass is 16.2. The molecule has 128 valence electrons. The van der Waals surface area contributed by atoms with Crippen LogP contribution in [0.25, 0.3) is 0 Å². The van der Waals surface area contributed by atoms with Gasteiger partial charge in [0.25, 0.3) is 0 Å². The molecule has 0 aliphatic heterocycles. The maximum atomic E-state index is 11.8. The van der Waals surface area contributed by atoms with Gasteiger partial charge in [-0.3, -0.25) is 4.79 Å². The monoisotopic (exact) mass is 318 g/mol. The van der Waals surface area contributed by atoms with Gasteiger partial charge >= 0.3 is 0 Å². The zero-order valence-electron chi connectivity index (χ0n) is 15.0. The maximum absolute atomic E-state index is 11.8. The van der Waals surface area contributed by atoms with Crippen LogP contribution >= 0.6 is 0 Å². The molecule has 23 heavy (non-hydrogen) atoms. The Morgan fingerprint density at radius 1 is 1.30 bits per heavy atom. The van der Waals surface area contributed by atoms with Gasteiger partial charge in [-0.1, -0.05) is 37.6 Å². The number of rotatable bonds is 7. The van der Waals surface area contributed by atoms with Gasteiger partial charge in [0.1, 0.15) is 6.54 Å². The minimum Gasteiger partial charge on any atom is -0.356 e. The lowest BCUT2D eigenvalue weighted by molar-refractivity contribution is -0.127. The number of aliphatic imine (C=N–C) groups is 1. The van der Waals surface area contributed by atoms with Crippen molar-refractivity contribution in [1.82, 2.24) is 15.5 Å². The number of carbonyl (C=O) groups excluding carboxylic acids is 1. The smallest absolute Gasteiger partial charge is 0.243 e. The largest absolute Gasteiger partial charge is 0.356 e. The van der Waals surface area contributed by atoms with Crippen molar-refractivity contribution in [1.29, 1.82) is 0 Å². The number of aryl methyl sites for hydroxylation is 1. The van der Waals surface area contributed by atoms with Crippen LogP contribution in [0.3, 0.4) is 0 Å². The Morgan fingerprint density at radius 3 is 2.61 bits per heavy atom. The fraction of sp³-hybridized carbons (Fsp3) is 0.556. The fourth-order valence-electron chi connectivity index (χ4n) is 2.18. The molecule has 1 aromatic rings. The lowest BCUT2D eigenvalue weighted by Gasteiger charge is -2.20. The molecule has 0 aliphatic carbocycles. The van der Waals surface area contributed by atoms with Gasteiger partial charge in [-0.25, -0.2) is 4.99 Å². The molecule has 1 atom stereocenters. The second-order valence-corrected chi connectivity index (χ2v) is 5.96. The summed E-state index contributed by atoms with van der Waals surface area (Å²) in [4.78, 5) is 17.7. The molecule has 0 radical (unpaired) electrons. The predicted octanol–water partition coefficient (Wildman–Crippen LogP) is 2.48. The number of unbranched alkanes of at least 4 members (excludes halogenated alkanes) is 1. The normalized spacial score (nSPS) is 12.7. The number of guanidine groups is 1. The molecule has 0 aliphatic rings. The van der Waals surface area contributed by atoms with E-state index in [0.717, 1.165) is 19.4 Å². The SMILES string of the molecule is CCCCNC(=NCC(=O)N(C)C)NC(C)c1ccccc1C. The van der Waals surface area contributed by atoms with Crippen LogP contribution in [0.5, 0.6) is 0 Å². The molecule has 5 heteroatoms. The summed E-state index contributed by atoms with van der Waals surface area (Å²) < 4.78 is 0. The van der Waals surface area contributed by atoms with E-state index in [0.29, 0.717) is 5.96 Å². The van der Waals surface area contributed by atoms with Crippen molar-refractivity contribution in [3.8, 4) is 0 Å².